The fraction of sp³-hybridized carbons (Fsp3) is 0.200. The maximum atomic E-state index is 13.7. The fourth-order valence-electron chi connectivity index (χ4n) is 2.22. The Morgan fingerprint density at radius 3 is 2.91 bits per heavy atom. The van der Waals surface area contributed by atoms with Crippen LogP contribution in [0.4, 0.5) is 4.39 Å². The quantitative estimate of drug-likeness (QED) is 0.702. The van der Waals surface area contributed by atoms with E-state index in [2.05, 4.69) is 20.9 Å². The lowest BCUT2D eigenvalue weighted by molar-refractivity contribution is 0.589. The maximum absolute atomic E-state index is 13.7. The van der Waals surface area contributed by atoms with Crippen LogP contribution in [-0.2, 0) is 0 Å². The second-order valence-corrected chi connectivity index (χ2v) is 6.62. The zero-order valence-electron chi connectivity index (χ0n) is 11.6. The van der Waals surface area contributed by atoms with Gasteiger partial charge in [-0.25, -0.2) is 9.37 Å². The highest BCUT2D eigenvalue weighted by molar-refractivity contribution is 9.09. The molecule has 0 aliphatic carbocycles. The zero-order chi connectivity index (χ0) is 15.7. The molecule has 0 saturated carbocycles. The third-order valence-electron chi connectivity index (χ3n) is 3.41. The first-order valence-electron chi connectivity index (χ1n) is 6.53. The lowest BCUT2D eigenvalue weighted by Crippen LogP contribution is -2.31. The Morgan fingerprint density at radius 1 is 1.45 bits per heavy atom. The summed E-state index contributed by atoms with van der Waals surface area (Å²) < 4.78 is 13.7. The summed E-state index contributed by atoms with van der Waals surface area (Å²) in [4.78, 5) is 11.1. The minimum Gasteiger partial charge on any atom is -0.330 e. The molecule has 0 spiro atoms. The van der Waals surface area contributed by atoms with Gasteiger partial charge in [0.25, 0.3) is 0 Å². The van der Waals surface area contributed by atoms with Gasteiger partial charge in [-0.15, -0.1) is 11.3 Å². The summed E-state index contributed by atoms with van der Waals surface area (Å²) in [5.74, 6) is 0.352. The first-order valence-corrected chi connectivity index (χ1v) is 8.91. The van der Waals surface area contributed by atoms with E-state index in [0.29, 0.717) is 5.33 Å². The van der Waals surface area contributed by atoms with E-state index in [9.17, 15) is 4.39 Å². The van der Waals surface area contributed by atoms with Crippen molar-refractivity contribution in [2.24, 2.45) is 4.99 Å². The Balaban J connectivity index is 2.05. The predicted molar refractivity (Wildman–Crippen MR) is 92.4 cm³/mol. The average Bonchev–Trinajstić information content (AvgIpc) is 3.04. The van der Waals surface area contributed by atoms with E-state index in [4.69, 9.17) is 16.6 Å². The lowest BCUT2D eigenvalue weighted by Gasteiger charge is -2.28. The number of aromatic nitrogens is 1. The van der Waals surface area contributed by atoms with Gasteiger partial charge in [0.15, 0.2) is 10.8 Å². The van der Waals surface area contributed by atoms with Crippen LogP contribution >= 0.6 is 38.9 Å². The number of thiazole rings is 1. The maximum Gasteiger partial charge on any atom is 0.165 e. The van der Waals surface area contributed by atoms with E-state index in [1.165, 1.54) is 17.4 Å². The summed E-state index contributed by atoms with van der Waals surface area (Å²) >= 11 is 10.8. The van der Waals surface area contributed by atoms with Gasteiger partial charge in [-0.2, -0.15) is 0 Å². The second kappa shape index (κ2) is 6.48. The first-order chi connectivity index (χ1) is 10.6. The van der Waals surface area contributed by atoms with Crippen LogP contribution < -0.4 is 0 Å². The molecule has 22 heavy (non-hydrogen) atoms. The number of allylic oxidation sites excluding steroid dienone is 1. The molecule has 0 N–H and O–H groups in total. The van der Waals surface area contributed by atoms with Crippen molar-refractivity contribution in [3.05, 3.63) is 63.0 Å². The molecule has 0 amide bonds. The van der Waals surface area contributed by atoms with Gasteiger partial charge in [-0.05, 0) is 23.8 Å². The zero-order valence-corrected chi connectivity index (χ0v) is 14.8. The lowest BCUT2D eigenvalue weighted by atomic mass is 10.0. The van der Waals surface area contributed by atoms with E-state index in [1.54, 1.807) is 18.3 Å². The van der Waals surface area contributed by atoms with Gasteiger partial charge in [0, 0.05) is 29.7 Å². The molecular weight excluding hydrogens is 389 g/mol. The molecular formula is C15H12BrClFN3S. The van der Waals surface area contributed by atoms with E-state index in [1.807, 2.05) is 23.4 Å². The monoisotopic (exact) mass is 399 g/mol. The molecule has 2 heterocycles. The minimum absolute atomic E-state index is 0.116. The molecule has 2 aromatic rings. The molecule has 3 rings (SSSR count). The average molecular weight is 401 g/mol. The molecule has 0 unspecified atom stereocenters. The highest BCUT2D eigenvalue weighted by Gasteiger charge is 2.24. The van der Waals surface area contributed by atoms with Crippen LogP contribution in [0, 0.1) is 5.82 Å². The number of benzene rings is 1. The van der Waals surface area contributed by atoms with Gasteiger partial charge >= 0.3 is 0 Å². The number of hydrogen-bond acceptors (Lipinski definition) is 4. The van der Waals surface area contributed by atoms with Crippen molar-refractivity contribution in [1.82, 2.24) is 9.88 Å². The van der Waals surface area contributed by atoms with Crippen molar-refractivity contribution in [2.45, 2.75) is 6.04 Å². The van der Waals surface area contributed by atoms with Crippen molar-refractivity contribution in [2.75, 3.05) is 12.4 Å². The van der Waals surface area contributed by atoms with Gasteiger partial charge in [0.05, 0.1) is 11.1 Å². The van der Waals surface area contributed by atoms with E-state index in [0.717, 1.165) is 22.1 Å². The Morgan fingerprint density at radius 2 is 2.27 bits per heavy atom. The van der Waals surface area contributed by atoms with Gasteiger partial charge < -0.3 is 4.90 Å². The number of alkyl halides is 1. The van der Waals surface area contributed by atoms with Crippen LogP contribution in [0.5, 0.6) is 0 Å². The van der Waals surface area contributed by atoms with Gasteiger partial charge in [-0.3, -0.25) is 4.99 Å². The predicted octanol–water partition coefficient (Wildman–Crippen LogP) is 4.65. The summed E-state index contributed by atoms with van der Waals surface area (Å²) in [7, 11) is 1.95. The highest BCUT2D eigenvalue weighted by atomic mass is 79.9. The fourth-order valence-corrected chi connectivity index (χ4v) is 3.57. The molecule has 0 bridgehead atoms. The molecule has 114 valence electrons. The third kappa shape index (κ3) is 2.95. The number of aliphatic imine (C=N–C) groups is 1. The summed E-state index contributed by atoms with van der Waals surface area (Å²) in [6, 6.07) is 4.54. The summed E-state index contributed by atoms with van der Waals surface area (Å²) in [5, 5.41) is 3.55. The van der Waals surface area contributed by atoms with Crippen LogP contribution in [0.25, 0.3) is 0 Å². The van der Waals surface area contributed by atoms with Crippen LogP contribution in [0.15, 0.2) is 46.5 Å². The Hall–Kier alpha value is -1.24. The Kier molecular flexibility index (Phi) is 4.61. The molecule has 3 nitrogen and oxygen atoms in total. The Bertz CT molecular complexity index is 745. The van der Waals surface area contributed by atoms with Crippen LogP contribution in [-0.4, -0.2) is 28.1 Å². The van der Waals surface area contributed by atoms with E-state index < -0.39 is 5.82 Å². The molecule has 1 aromatic heterocycles. The number of hydrogen-bond donors (Lipinski definition) is 0. The molecule has 0 radical (unpaired) electrons. The van der Waals surface area contributed by atoms with Crippen LogP contribution in [0.2, 0.25) is 5.02 Å². The molecule has 1 aromatic carbocycles. The number of rotatable bonds is 3. The second-order valence-electron chi connectivity index (χ2n) is 4.76. The van der Waals surface area contributed by atoms with Crippen molar-refractivity contribution in [3.63, 3.8) is 0 Å². The molecule has 0 saturated heterocycles. The standard InChI is InChI=1S/C15H12BrClFN3S/c1-21-10(8-16)7-13(9-2-3-11(17)12(18)6-9)20-14(21)15-19-4-5-22-15/h2-7,13H,8H2,1H3/t13-/m0/s1. The van der Waals surface area contributed by atoms with Crippen molar-refractivity contribution >= 4 is 44.7 Å². The van der Waals surface area contributed by atoms with Crippen LogP contribution in [0.3, 0.4) is 0 Å². The third-order valence-corrected chi connectivity index (χ3v) is 5.06. The largest absolute Gasteiger partial charge is 0.330 e. The number of amidine groups is 1. The van der Waals surface area contributed by atoms with Crippen molar-refractivity contribution in [1.29, 1.82) is 0 Å². The summed E-state index contributed by atoms with van der Waals surface area (Å²) in [6.07, 6.45) is 3.76. The smallest absolute Gasteiger partial charge is 0.165 e. The van der Waals surface area contributed by atoms with Crippen molar-refractivity contribution in [3.8, 4) is 0 Å². The summed E-state index contributed by atoms with van der Waals surface area (Å²) in [5.41, 5.74) is 1.82. The van der Waals surface area contributed by atoms with Gasteiger partial charge in [0.2, 0.25) is 0 Å². The highest BCUT2D eigenvalue weighted by Crippen LogP contribution is 2.30. The van der Waals surface area contributed by atoms with Gasteiger partial charge in [-0.1, -0.05) is 33.6 Å². The molecule has 1 atom stereocenters. The normalized spacial score (nSPS) is 18.2. The number of halogens is 3. The van der Waals surface area contributed by atoms with Gasteiger partial charge in [0.1, 0.15) is 5.82 Å². The molecule has 1 aliphatic rings. The first kappa shape index (κ1) is 15.6. The molecule has 7 heteroatoms. The van der Waals surface area contributed by atoms with E-state index >= 15 is 0 Å². The SMILES string of the molecule is CN1C(CBr)=C[C@@H](c2ccc(Cl)c(F)c2)N=C1c1nccs1. The molecule has 1 aliphatic heterocycles. The van der Waals surface area contributed by atoms with Crippen LogP contribution in [0.1, 0.15) is 16.6 Å². The summed E-state index contributed by atoms with van der Waals surface area (Å²) in [6.45, 7) is 0. The Labute approximate surface area is 145 Å². The topological polar surface area (TPSA) is 28.5 Å². The van der Waals surface area contributed by atoms with Crippen molar-refractivity contribution < 1.29 is 4.39 Å². The minimum atomic E-state index is -0.433. The van der Waals surface area contributed by atoms with E-state index in [-0.39, 0.29) is 11.1 Å². The number of nitrogens with zero attached hydrogens (tertiary/aromatic N) is 3. The molecule has 0 fully saturated rings.